The molecule has 0 aromatic heterocycles. The highest BCUT2D eigenvalue weighted by molar-refractivity contribution is 7.91. The highest BCUT2D eigenvalue weighted by atomic mass is 35.5. The fourth-order valence-corrected chi connectivity index (χ4v) is 4.28. The van der Waals surface area contributed by atoms with E-state index in [2.05, 4.69) is 0 Å². The SMILES string of the molecule is CCS(=O)(=O)CCN1C(C(=O)O)CC2CCCCC21.Cl. The normalized spacial score (nSPS) is 30.6. The van der Waals surface area contributed by atoms with Gasteiger partial charge >= 0.3 is 5.97 Å². The molecular weight excluding hydrogens is 302 g/mol. The number of rotatable bonds is 5. The van der Waals surface area contributed by atoms with Crippen LogP contribution in [-0.4, -0.2) is 54.5 Å². The molecule has 7 heteroatoms. The van der Waals surface area contributed by atoms with Crippen LogP contribution in [0.4, 0.5) is 0 Å². The van der Waals surface area contributed by atoms with Gasteiger partial charge in [0.1, 0.15) is 6.04 Å². The number of halogens is 1. The fraction of sp³-hybridized carbons (Fsp3) is 0.923. The molecule has 5 nitrogen and oxygen atoms in total. The summed E-state index contributed by atoms with van der Waals surface area (Å²) in [5, 5.41) is 9.33. The van der Waals surface area contributed by atoms with E-state index in [0.717, 1.165) is 19.3 Å². The van der Waals surface area contributed by atoms with Crippen LogP contribution in [0.25, 0.3) is 0 Å². The zero-order valence-electron chi connectivity index (χ0n) is 11.8. The highest BCUT2D eigenvalue weighted by Gasteiger charge is 2.45. The van der Waals surface area contributed by atoms with Gasteiger partial charge in [-0.25, -0.2) is 8.42 Å². The van der Waals surface area contributed by atoms with Crippen molar-refractivity contribution in [1.29, 1.82) is 0 Å². The first-order valence-electron chi connectivity index (χ1n) is 7.13. The van der Waals surface area contributed by atoms with Gasteiger partial charge in [0, 0.05) is 18.3 Å². The van der Waals surface area contributed by atoms with Crippen molar-refractivity contribution >= 4 is 28.2 Å². The van der Waals surface area contributed by atoms with Gasteiger partial charge in [-0.15, -0.1) is 12.4 Å². The molecule has 0 aromatic rings. The molecule has 0 spiro atoms. The third-order valence-electron chi connectivity index (χ3n) is 4.61. The lowest BCUT2D eigenvalue weighted by molar-refractivity contribution is -0.142. The van der Waals surface area contributed by atoms with Crippen LogP contribution in [0.5, 0.6) is 0 Å². The molecule has 1 saturated carbocycles. The summed E-state index contributed by atoms with van der Waals surface area (Å²) in [6.07, 6.45) is 5.09. The maximum absolute atomic E-state index is 11.6. The lowest BCUT2D eigenvalue weighted by Crippen LogP contribution is -2.44. The Bertz CT molecular complexity index is 440. The van der Waals surface area contributed by atoms with Crippen molar-refractivity contribution in [2.45, 2.75) is 51.1 Å². The molecular formula is C13H24ClNO4S. The molecule has 0 bridgehead atoms. The number of carboxylic acid groups (broad SMARTS) is 1. The van der Waals surface area contributed by atoms with Crippen LogP contribution < -0.4 is 0 Å². The van der Waals surface area contributed by atoms with Gasteiger partial charge in [0.15, 0.2) is 9.84 Å². The number of carboxylic acids is 1. The number of carbonyl (C=O) groups is 1. The standard InChI is InChI=1S/C13H23NO4S.ClH/c1-2-19(17,18)8-7-14-11-6-4-3-5-10(11)9-12(14)13(15)16;/h10-12H,2-9H2,1H3,(H,15,16);1H. The maximum atomic E-state index is 11.6. The van der Waals surface area contributed by atoms with Crippen molar-refractivity contribution in [2.75, 3.05) is 18.1 Å². The second-order valence-corrected chi connectivity index (χ2v) is 8.15. The molecule has 20 heavy (non-hydrogen) atoms. The van der Waals surface area contributed by atoms with Gasteiger partial charge in [0.05, 0.1) is 5.75 Å². The molecule has 1 heterocycles. The van der Waals surface area contributed by atoms with Crippen LogP contribution in [0.3, 0.4) is 0 Å². The molecule has 0 radical (unpaired) electrons. The van der Waals surface area contributed by atoms with Gasteiger partial charge < -0.3 is 5.11 Å². The summed E-state index contributed by atoms with van der Waals surface area (Å²) in [5.41, 5.74) is 0. The summed E-state index contributed by atoms with van der Waals surface area (Å²) in [4.78, 5) is 13.3. The molecule has 0 amide bonds. The van der Waals surface area contributed by atoms with Crippen LogP contribution in [0.2, 0.25) is 0 Å². The monoisotopic (exact) mass is 325 g/mol. The van der Waals surface area contributed by atoms with E-state index in [4.69, 9.17) is 0 Å². The summed E-state index contributed by atoms with van der Waals surface area (Å²) in [5.74, 6) is -0.147. The summed E-state index contributed by atoms with van der Waals surface area (Å²) in [7, 11) is -3.03. The first-order chi connectivity index (χ1) is 8.94. The van der Waals surface area contributed by atoms with E-state index in [-0.39, 0.29) is 30.0 Å². The molecule has 2 fully saturated rings. The van der Waals surface area contributed by atoms with Crippen LogP contribution in [0.15, 0.2) is 0 Å². The zero-order chi connectivity index (χ0) is 14.0. The Morgan fingerprint density at radius 1 is 1.30 bits per heavy atom. The van der Waals surface area contributed by atoms with Crippen molar-refractivity contribution in [1.82, 2.24) is 4.90 Å². The molecule has 118 valence electrons. The van der Waals surface area contributed by atoms with Crippen LogP contribution in [-0.2, 0) is 14.6 Å². The first kappa shape index (κ1) is 17.7. The topological polar surface area (TPSA) is 74.7 Å². The maximum Gasteiger partial charge on any atom is 0.320 e. The summed E-state index contributed by atoms with van der Waals surface area (Å²) >= 11 is 0. The molecule has 1 saturated heterocycles. The van der Waals surface area contributed by atoms with Crippen molar-refractivity contribution in [3.63, 3.8) is 0 Å². The third kappa shape index (κ3) is 3.86. The van der Waals surface area contributed by atoms with Crippen LogP contribution in [0, 0.1) is 5.92 Å². The van der Waals surface area contributed by atoms with E-state index in [1.54, 1.807) is 6.92 Å². The predicted octanol–water partition coefficient (Wildman–Crippen LogP) is 1.56. The predicted molar refractivity (Wildman–Crippen MR) is 80.1 cm³/mol. The Morgan fingerprint density at radius 2 is 1.95 bits per heavy atom. The Hall–Kier alpha value is -0.330. The van der Waals surface area contributed by atoms with Crippen molar-refractivity contribution < 1.29 is 18.3 Å². The number of nitrogens with zero attached hydrogens (tertiary/aromatic N) is 1. The fourth-order valence-electron chi connectivity index (χ4n) is 3.51. The van der Waals surface area contributed by atoms with Crippen LogP contribution >= 0.6 is 12.4 Å². The van der Waals surface area contributed by atoms with Gasteiger partial charge in [0.2, 0.25) is 0 Å². The van der Waals surface area contributed by atoms with Gasteiger partial charge in [-0.1, -0.05) is 19.8 Å². The number of sulfone groups is 1. The molecule has 2 aliphatic rings. The summed E-state index contributed by atoms with van der Waals surface area (Å²) < 4.78 is 23.2. The largest absolute Gasteiger partial charge is 0.480 e. The molecule has 2 rings (SSSR count). The number of likely N-dealkylation sites (tertiary alicyclic amines) is 1. The molecule has 3 unspecified atom stereocenters. The smallest absolute Gasteiger partial charge is 0.320 e. The van der Waals surface area contributed by atoms with Crippen LogP contribution in [0.1, 0.15) is 39.0 Å². The second-order valence-electron chi connectivity index (χ2n) is 5.68. The minimum absolute atomic E-state index is 0. The molecule has 1 aliphatic carbocycles. The minimum atomic E-state index is -3.03. The number of fused-ring (bicyclic) bond motifs is 1. The van der Waals surface area contributed by atoms with Crippen molar-refractivity contribution in [3.8, 4) is 0 Å². The van der Waals surface area contributed by atoms with E-state index < -0.39 is 21.8 Å². The van der Waals surface area contributed by atoms with Crippen molar-refractivity contribution in [2.24, 2.45) is 5.92 Å². The summed E-state index contributed by atoms with van der Waals surface area (Å²) in [6.45, 7) is 2.01. The Balaban J connectivity index is 0.00000200. The Morgan fingerprint density at radius 3 is 2.55 bits per heavy atom. The summed E-state index contributed by atoms with van der Waals surface area (Å²) in [6, 6.07) is -0.206. The Labute approximate surface area is 127 Å². The van der Waals surface area contributed by atoms with Gasteiger partial charge in [-0.2, -0.15) is 0 Å². The quantitative estimate of drug-likeness (QED) is 0.830. The van der Waals surface area contributed by atoms with E-state index in [9.17, 15) is 18.3 Å². The molecule has 1 N–H and O–H groups in total. The molecule has 1 aliphatic heterocycles. The molecule has 3 atom stereocenters. The van der Waals surface area contributed by atoms with Gasteiger partial charge in [0.25, 0.3) is 0 Å². The lowest BCUT2D eigenvalue weighted by Gasteiger charge is -2.32. The third-order valence-corrected chi connectivity index (χ3v) is 6.29. The first-order valence-corrected chi connectivity index (χ1v) is 8.95. The lowest BCUT2D eigenvalue weighted by atomic mass is 9.85. The van der Waals surface area contributed by atoms with Gasteiger partial charge in [-0.3, -0.25) is 9.69 Å². The molecule has 0 aromatic carbocycles. The second kappa shape index (κ2) is 7.09. The number of hydrogen-bond acceptors (Lipinski definition) is 4. The van der Waals surface area contributed by atoms with Gasteiger partial charge in [-0.05, 0) is 25.2 Å². The van der Waals surface area contributed by atoms with E-state index >= 15 is 0 Å². The average Bonchev–Trinajstić information content (AvgIpc) is 2.75. The van der Waals surface area contributed by atoms with E-state index in [1.807, 2.05) is 4.90 Å². The van der Waals surface area contributed by atoms with E-state index in [1.165, 1.54) is 6.42 Å². The minimum Gasteiger partial charge on any atom is -0.480 e. The zero-order valence-corrected chi connectivity index (χ0v) is 13.5. The highest BCUT2D eigenvalue weighted by Crippen LogP contribution is 2.39. The average molecular weight is 326 g/mol. The van der Waals surface area contributed by atoms with Crippen molar-refractivity contribution in [3.05, 3.63) is 0 Å². The number of aliphatic carboxylic acids is 1. The Kier molecular flexibility index (Phi) is 6.28. The number of hydrogen-bond donors (Lipinski definition) is 1. The van der Waals surface area contributed by atoms with E-state index in [0.29, 0.717) is 18.9 Å².